The first-order valence-electron chi connectivity index (χ1n) is 9.12. The van der Waals surface area contributed by atoms with Crippen molar-refractivity contribution in [2.24, 2.45) is 0 Å². The number of ether oxygens (including phenoxy) is 1. The molecule has 2 rings (SSSR count). The normalized spacial score (nSPS) is 16.1. The second-order valence-electron chi connectivity index (χ2n) is 6.47. The third-order valence-corrected chi connectivity index (χ3v) is 4.48. The molecule has 1 aromatic carbocycles. The van der Waals surface area contributed by atoms with Gasteiger partial charge in [-0.05, 0) is 24.8 Å². The number of hydrogen-bond acceptors (Lipinski definition) is 5. The fraction of sp³-hybridized carbons (Fsp3) is 0.500. The van der Waals surface area contributed by atoms with E-state index in [0.717, 1.165) is 38.9 Å². The molecule has 1 aromatic rings. The summed E-state index contributed by atoms with van der Waals surface area (Å²) < 4.78 is 4.94. The average molecular weight is 356 g/mol. The van der Waals surface area contributed by atoms with Crippen molar-refractivity contribution in [3.63, 3.8) is 0 Å². The molecule has 2 N–H and O–H groups in total. The van der Waals surface area contributed by atoms with Crippen molar-refractivity contribution in [3.05, 3.63) is 47.7 Å². The molecule has 1 aliphatic rings. The van der Waals surface area contributed by atoms with Gasteiger partial charge in [0.1, 0.15) is 11.6 Å². The Kier molecular flexibility index (Phi) is 8.67. The largest absolute Gasteiger partial charge is 0.387 e. The number of nitrogens with one attached hydrogen (secondary N) is 2. The molecule has 6 nitrogen and oxygen atoms in total. The standard InChI is InChI=1S/C20H28N4O2/c1-26-13-5-10-22-20(25)18(14-21)15-23-19-8-11-24(12-9-19)16-17-6-3-2-4-7-17/h2-4,6-7,15,19,23H,5,8-13,16H2,1H3,(H,22,25)/b18-15-. The van der Waals surface area contributed by atoms with E-state index in [2.05, 4.69) is 39.8 Å². The lowest BCUT2D eigenvalue weighted by Crippen LogP contribution is -2.40. The molecule has 0 aliphatic carbocycles. The fourth-order valence-electron chi connectivity index (χ4n) is 2.96. The first kappa shape index (κ1) is 20.0. The number of nitriles is 1. The monoisotopic (exact) mass is 356 g/mol. The summed E-state index contributed by atoms with van der Waals surface area (Å²) in [7, 11) is 1.62. The van der Waals surface area contributed by atoms with Gasteiger partial charge in [0.25, 0.3) is 5.91 Å². The highest BCUT2D eigenvalue weighted by Gasteiger charge is 2.19. The second-order valence-corrected chi connectivity index (χ2v) is 6.47. The Morgan fingerprint density at radius 3 is 2.73 bits per heavy atom. The van der Waals surface area contributed by atoms with Crippen LogP contribution in [0.3, 0.4) is 0 Å². The Labute approximate surface area is 155 Å². The van der Waals surface area contributed by atoms with E-state index in [0.29, 0.717) is 19.2 Å². The molecule has 1 amide bonds. The maximum Gasteiger partial charge on any atom is 0.263 e. The topological polar surface area (TPSA) is 77.4 Å². The van der Waals surface area contributed by atoms with Crippen molar-refractivity contribution in [1.29, 1.82) is 5.26 Å². The van der Waals surface area contributed by atoms with Crippen LogP contribution in [0.5, 0.6) is 0 Å². The van der Waals surface area contributed by atoms with E-state index >= 15 is 0 Å². The van der Waals surface area contributed by atoms with E-state index < -0.39 is 0 Å². The molecule has 1 heterocycles. The number of carbonyl (C=O) groups excluding carboxylic acids is 1. The summed E-state index contributed by atoms with van der Waals surface area (Å²) >= 11 is 0. The highest BCUT2D eigenvalue weighted by Crippen LogP contribution is 2.14. The Morgan fingerprint density at radius 2 is 2.08 bits per heavy atom. The number of hydrogen-bond donors (Lipinski definition) is 2. The van der Waals surface area contributed by atoms with Gasteiger partial charge in [-0.3, -0.25) is 9.69 Å². The molecule has 1 aliphatic heterocycles. The summed E-state index contributed by atoms with van der Waals surface area (Å²) in [6, 6.07) is 12.7. The molecule has 0 atom stereocenters. The lowest BCUT2D eigenvalue weighted by atomic mass is 10.0. The van der Waals surface area contributed by atoms with Crippen molar-refractivity contribution in [3.8, 4) is 6.07 Å². The van der Waals surface area contributed by atoms with Crippen LogP contribution in [0.25, 0.3) is 0 Å². The van der Waals surface area contributed by atoms with Crippen LogP contribution in [0.4, 0.5) is 0 Å². The third kappa shape index (κ3) is 6.87. The van der Waals surface area contributed by atoms with Gasteiger partial charge in [-0.1, -0.05) is 30.3 Å². The number of benzene rings is 1. The Bertz CT molecular complexity index is 616. The summed E-state index contributed by atoms with van der Waals surface area (Å²) in [5.41, 5.74) is 1.45. The summed E-state index contributed by atoms with van der Waals surface area (Å²) in [6.07, 6.45) is 4.28. The molecule has 6 heteroatoms. The zero-order chi connectivity index (χ0) is 18.6. The van der Waals surface area contributed by atoms with Gasteiger partial charge < -0.3 is 15.4 Å². The Morgan fingerprint density at radius 1 is 1.35 bits per heavy atom. The van der Waals surface area contributed by atoms with Gasteiger partial charge >= 0.3 is 0 Å². The first-order chi connectivity index (χ1) is 12.7. The summed E-state index contributed by atoms with van der Waals surface area (Å²) in [5.74, 6) is -0.336. The van der Waals surface area contributed by atoms with Gasteiger partial charge in [-0.15, -0.1) is 0 Å². The molecular weight excluding hydrogens is 328 g/mol. The smallest absolute Gasteiger partial charge is 0.263 e. The SMILES string of the molecule is COCCCNC(=O)/C(C#N)=C\NC1CCN(Cc2ccccc2)CC1. The zero-order valence-corrected chi connectivity index (χ0v) is 15.4. The molecule has 0 unspecified atom stereocenters. The molecule has 0 bridgehead atoms. The summed E-state index contributed by atoms with van der Waals surface area (Å²) in [4.78, 5) is 14.4. The summed E-state index contributed by atoms with van der Waals surface area (Å²) in [5, 5.41) is 15.2. The van der Waals surface area contributed by atoms with Crippen LogP contribution in [-0.2, 0) is 16.1 Å². The number of piperidine rings is 1. The first-order valence-corrected chi connectivity index (χ1v) is 9.12. The van der Waals surface area contributed by atoms with Crippen molar-refractivity contribution in [2.75, 3.05) is 33.4 Å². The predicted octanol–water partition coefficient (Wildman–Crippen LogP) is 1.80. The van der Waals surface area contributed by atoms with Crippen LogP contribution in [0.1, 0.15) is 24.8 Å². The minimum Gasteiger partial charge on any atom is -0.387 e. The van der Waals surface area contributed by atoms with Crippen LogP contribution in [-0.4, -0.2) is 50.2 Å². The Balaban J connectivity index is 1.72. The highest BCUT2D eigenvalue weighted by molar-refractivity contribution is 5.97. The Hall–Kier alpha value is -2.36. The van der Waals surface area contributed by atoms with Crippen molar-refractivity contribution in [2.45, 2.75) is 31.8 Å². The maximum absolute atomic E-state index is 12.0. The lowest BCUT2D eigenvalue weighted by Gasteiger charge is -2.32. The molecule has 26 heavy (non-hydrogen) atoms. The number of rotatable bonds is 9. The number of amides is 1. The molecule has 0 aromatic heterocycles. The summed E-state index contributed by atoms with van der Waals surface area (Å²) in [6.45, 7) is 4.07. The third-order valence-electron chi connectivity index (χ3n) is 4.48. The predicted molar refractivity (Wildman–Crippen MR) is 101 cm³/mol. The van der Waals surface area contributed by atoms with Gasteiger partial charge in [-0.25, -0.2) is 0 Å². The molecule has 140 valence electrons. The quantitative estimate of drug-likeness (QED) is 0.401. The average Bonchev–Trinajstić information content (AvgIpc) is 2.68. The van der Waals surface area contributed by atoms with Crippen molar-refractivity contribution < 1.29 is 9.53 Å². The van der Waals surface area contributed by atoms with E-state index in [9.17, 15) is 10.1 Å². The van der Waals surface area contributed by atoms with E-state index in [-0.39, 0.29) is 11.5 Å². The maximum atomic E-state index is 12.0. The van der Waals surface area contributed by atoms with E-state index in [1.807, 2.05) is 12.1 Å². The number of carbonyl (C=O) groups is 1. The second kappa shape index (κ2) is 11.3. The highest BCUT2D eigenvalue weighted by atomic mass is 16.5. The molecule has 1 saturated heterocycles. The van der Waals surface area contributed by atoms with Crippen LogP contribution in [0.2, 0.25) is 0 Å². The van der Waals surface area contributed by atoms with Gasteiger partial charge in [0, 0.05) is 52.1 Å². The molecule has 0 radical (unpaired) electrons. The van der Waals surface area contributed by atoms with Crippen LogP contribution < -0.4 is 10.6 Å². The van der Waals surface area contributed by atoms with E-state index in [4.69, 9.17) is 4.74 Å². The van der Waals surface area contributed by atoms with E-state index in [1.54, 1.807) is 13.3 Å². The lowest BCUT2D eigenvalue weighted by molar-refractivity contribution is -0.117. The van der Waals surface area contributed by atoms with E-state index in [1.165, 1.54) is 5.56 Å². The van der Waals surface area contributed by atoms with Crippen LogP contribution >= 0.6 is 0 Å². The number of nitrogens with zero attached hydrogens (tertiary/aromatic N) is 2. The molecular formula is C20H28N4O2. The van der Waals surface area contributed by atoms with Gasteiger partial charge in [0.05, 0.1) is 0 Å². The number of methoxy groups -OCH3 is 1. The van der Waals surface area contributed by atoms with Crippen molar-refractivity contribution >= 4 is 5.91 Å². The zero-order valence-electron chi connectivity index (χ0n) is 15.4. The molecule has 0 spiro atoms. The van der Waals surface area contributed by atoms with Gasteiger partial charge in [-0.2, -0.15) is 5.26 Å². The fourth-order valence-corrected chi connectivity index (χ4v) is 2.96. The van der Waals surface area contributed by atoms with Crippen LogP contribution in [0, 0.1) is 11.3 Å². The van der Waals surface area contributed by atoms with Gasteiger partial charge in [0.2, 0.25) is 0 Å². The molecule has 1 fully saturated rings. The van der Waals surface area contributed by atoms with Crippen molar-refractivity contribution in [1.82, 2.24) is 15.5 Å². The van der Waals surface area contributed by atoms with Gasteiger partial charge in [0.15, 0.2) is 0 Å². The minimum atomic E-state index is -0.336. The minimum absolute atomic E-state index is 0.120. The number of likely N-dealkylation sites (tertiary alicyclic amines) is 1. The van der Waals surface area contributed by atoms with Crippen LogP contribution in [0.15, 0.2) is 42.1 Å². The molecule has 0 saturated carbocycles.